The number of hydrogen-bond acceptors (Lipinski definition) is 6. The van der Waals surface area contributed by atoms with Gasteiger partial charge in [-0.1, -0.05) is 96.2 Å². The van der Waals surface area contributed by atoms with E-state index in [1.54, 1.807) is 4.68 Å². The third-order valence-electron chi connectivity index (χ3n) is 6.21. The van der Waals surface area contributed by atoms with E-state index in [1.807, 2.05) is 110 Å². The molecule has 8 heteroatoms. The maximum Gasteiger partial charge on any atom is 0.286 e. The van der Waals surface area contributed by atoms with Crippen LogP contribution in [0.5, 0.6) is 0 Å². The lowest BCUT2D eigenvalue weighted by Gasteiger charge is -2.16. The van der Waals surface area contributed by atoms with Gasteiger partial charge in [-0.05, 0) is 48.9 Å². The Kier molecular flexibility index (Phi) is 6.84. The molecule has 2 heterocycles. The fourth-order valence-electron chi connectivity index (χ4n) is 4.21. The van der Waals surface area contributed by atoms with Crippen molar-refractivity contribution in [2.24, 2.45) is 0 Å². The monoisotopic (exact) mass is 530 g/mol. The molecule has 0 saturated heterocycles. The first-order valence-corrected chi connectivity index (χ1v) is 13.6. The molecule has 192 valence electrons. The summed E-state index contributed by atoms with van der Waals surface area (Å²) in [6, 6.07) is 37.5. The van der Waals surface area contributed by atoms with Gasteiger partial charge in [-0.3, -0.25) is 10.2 Å². The molecule has 2 N–H and O–H groups in total. The van der Waals surface area contributed by atoms with Crippen molar-refractivity contribution < 1.29 is 0 Å². The van der Waals surface area contributed by atoms with Gasteiger partial charge in [0, 0.05) is 11.4 Å². The van der Waals surface area contributed by atoms with Crippen molar-refractivity contribution >= 4 is 40.1 Å². The van der Waals surface area contributed by atoms with Crippen molar-refractivity contribution in [3.8, 4) is 5.69 Å². The van der Waals surface area contributed by atoms with Crippen LogP contribution in [0.4, 0.5) is 17.3 Å². The molecule has 4 aromatic carbocycles. The number of nitrogens with zero attached hydrogens (tertiary/aromatic N) is 4. The molecule has 6 aromatic rings. The van der Waals surface area contributed by atoms with Gasteiger partial charge in [0.25, 0.3) is 5.56 Å². The van der Waals surface area contributed by atoms with Gasteiger partial charge in [0.1, 0.15) is 10.4 Å². The Morgan fingerprint density at radius 3 is 2.10 bits per heavy atom. The second-order valence-electron chi connectivity index (χ2n) is 9.07. The van der Waals surface area contributed by atoms with Gasteiger partial charge in [-0.2, -0.15) is 14.8 Å². The topological polar surface area (TPSA) is 76.8 Å². The van der Waals surface area contributed by atoms with E-state index in [4.69, 9.17) is 10.1 Å². The third kappa shape index (κ3) is 5.28. The lowest BCUT2D eigenvalue weighted by atomic mass is 10.2. The molecule has 0 amide bonds. The van der Waals surface area contributed by atoms with Crippen LogP contribution in [0.25, 0.3) is 16.7 Å². The smallest absolute Gasteiger partial charge is 0.286 e. The molecule has 0 aliphatic heterocycles. The van der Waals surface area contributed by atoms with Gasteiger partial charge in [0.05, 0.1) is 11.4 Å². The van der Waals surface area contributed by atoms with E-state index in [2.05, 4.69) is 22.9 Å². The van der Waals surface area contributed by atoms with Gasteiger partial charge in [-0.25, -0.2) is 4.68 Å². The second kappa shape index (κ2) is 10.9. The number of thioether (sulfide) groups is 1. The molecule has 0 spiro atoms. The van der Waals surface area contributed by atoms with Gasteiger partial charge in [-0.15, -0.1) is 0 Å². The fraction of sp³-hybridized carbons (Fsp3) is 0.0645. The van der Waals surface area contributed by atoms with Crippen molar-refractivity contribution in [2.45, 2.75) is 17.7 Å². The summed E-state index contributed by atoms with van der Waals surface area (Å²) in [7, 11) is 0. The van der Waals surface area contributed by atoms with Gasteiger partial charge in [0.15, 0.2) is 5.65 Å². The molecular weight excluding hydrogens is 504 g/mol. The summed E-state index contributed by atoms with van der Waals surface area (Å²) in [4.78, 5) is 19.2. The summed E-state index contributed by atoms with van der Waals surface area (Å²) in [5.41, 5.74) is 8.21. The van der Waals surface area contributed by atoms with E-state index in [1.165, 1.54) is 16.4 Å². The highest BCUT2D eigenvalue weighted by molar-refractivity contribution is 7.98. The zero-order valence-corrected chi connectivity index (χ0v) is 22.1. The molecular formula is C31H26N6OS. The Labute approximate surface area is 230 Å². The van der Waals surface area contributed by atoms with Gasteiger partial charge >= 0.3 is 0 Å². The van der Waals surface area contributed by atoms with E-state index in [0.29, 0.717) is 27.8 Å². The number of aryl methyl sites for hydroxylation is 1. The molecule has 39 heavy (non-hydrogen) atoms. The number of rotatable bonds is 8. The predicted octanol–water partition coefficient (Wildman–Crippen LogP) is 6.80. The second-order valence-corrected chi connectivity index (χ2v) is 10.0. The molecule has 7 nitrogen and oxygen atoms in total. The average Bonchev–Trinajstić information content (AvgIpc) is 3.35. The van der Waals surface area contributed by atoms with Crippen molar-refractivity contribution in [3.05, 3.63) is 137 Å². The Morgan fingerprint density at radius 1 is 0.769 bits per heavy atom. The first-order valence-electron chi connectivity index (χ1n) is 12.6. The third-order valence-corrected chi connectivity index (χ3v) is 7.25. The Morgan fingerprint density at radius 2 is 1.41 bits per heavy atom. The summed E-state index contributed by atoms with van der Waals surface area (Å²) >= 11 is 1.53. The Hall–Kier alpha value is -4.82. The number of nitrogens with one attached hydrogen (secondary N) is 2. The number of benzene rings is 4. The lowest BCUT2D eigenvalue weighted by molar-refractivity contribution is 0.847. The number of aromatic nitrogens is 4. The molecule has 0 atom stereocenters. The predicted molar refractivity (Wildman–Crippen MR) is 159 cm³/mol. The molecule has 0 saturated carbocycles. The molecule has 2 aromatic heterocycles. The van der Waals surface area contributed by atoms with E-state index in [0.717, 1.165) is 28.2 Å². The number of fused-ring (bicyclic) bond motifs is 1. The molecule has 6 rings (SSSR count). The minimum absolute atomic E-state index is 0.240. The van der Waals surface area contributed by atoms with E-state index in [9.17, 15) is 4.79 Å². The fourth-order valence-corrected chi connectivity index (χ4v) is 5.17. The van der Waals surface area contributed by atoms with Crippen LogP contribution in [0.1, 0.15) is 11.1 Å². The minimum atomic E-state index is -0.240. The quantitative estimate of drug-likeness (QED) is 0.211. The highest BCUT2D eigenvalue weighted by Crippen LogP contribution is 2.30. The number of para-hydroxylation sites is 2. The zero-order valence-electron chi connectivity index (χ0n) is 21.3. The normalized spacial score (nSPS) is 11.0. The van der Waals surface area contributed by atoms with Crippen LogP contribution >= 0.6 is 11.8 Å². The standard InChI is InChI=1S/C31H26N6OS/c1-22-17-19-24(20-18-22)32-31-33-28-27(30(38)37(31)34-25-13-7-3-8-14-25)29(39-21-23-11-5-2-6-12-23)35-36(28)26-15-9-4-10-16-26/h2-20,34H,21H2,1H3,(H,32,33). The Bertz CT molecular complexity index is 1770. The lowest BCUT2D eigenvalue weighted by Crippen LogP contribution is -2.30. The first-order chi connectivity index (χ1) is 19.2. The van der Waals surface area contributed by atoms with Crippen LogP contribution in [0.2, 0.25) is 0 Å². The summed E-state index contributed by atoms with van der Waals surface area (Å²) in [6.45, 7) is 2.04. The molecule has 0 fully saturated rings. The van der Waals surface area contributed by atoms with Gasteiger partial charge in [0.2, 0.25) is 5.95 Å². The van der Waals surface area contributed by atoms with Crippen LogP contribution in [0.15, 0.2) is 125 Å². The van der Waals surface area contributed by atoms with Gasteiger partial charge < -0.3 is 5.32 Å². The maximum atomic E-state index is 14.2. The molecule has 0 bridgehead atoms. The van der Waals surface area contributed by atoms with Crippen LogP contribution < -0.4 is 16.3 Å². The SMILES string of the molecule is Cc1ccc(Nc2nc3c(c(SCc4ccccc4)nn3-c3ccccc3)c(=O)n2Nc2ccccc2)cc1. The van der Waals surface area contributed by atoms with Crippen LogP contribution in [0, 0.1) is 6.92 Å². The van der Waals surface area contributed by atoms with Crippen molar-refractivity contribution in [3.63, 3.8) is 0 Å². The summed E-state index contributed by atoms with van der Waals surface area (Å²) in [5.74, 6) is 1.04. The molecule has 0 unspecified atom stereocenters. The van der Waals surface area contributed by atoms with E-state index < -0.39 is 0 Å². The Balaban J connectivity index is 1.53. The number of anilines is 3. The van der Waals surface area contributed by atoms with Crippen LogP contribution in [-0.2, 0) is 5.75 Å². The van der Waals surface area contributed by atoms with Crippen molar-refractivity contribution in [1.29, 1.82) is 0 Å². The summed E-state index contributed by atoms with van der Waals surface area (Å²) in [6.07, 6.45) is 0. The van der Waals surface area contributed by atoms with Crippen LogP contribution in [0.3, 0.4) is 0 Å². The highest BCUT2D eigenvalue weighted by atomic mass is 32.2. The summed E-state index contributed by atoms with van der Waals surface area (Å²) < 4.78 is 3.21. The molecule has 0 aliphatic carbocycles. The summed E-state index contributed by atoms with van der Waals surface area (Å²) in [5, 5.41) is 9.31. The first kappa shape index (κ1) is 24.5. The molecule has 0 radical (unpaired) electrons. The zero-order chi connectivity index (χ0) is 26.6. The van der Waals surface area contributed by atoms with Crippen molar-refractivity contribution in [2.75, 3.05) is 10.7 Å². The maximum absolute atomic E-state index is 14.2. The van der Waals surface area contributed by atoms with Crippen LogP contribution in [-0.4, -0.2) is 19.4 Å². The largest absolute Gasteiger partial charge is 0.324 e. The molecule has 0 aliphatic rings. The highest BCUT2D eigenvalue weighted by Gasteiger charge is 2.22. The minimum Gasteiger partial charge on any atom is -0.324 e. The number of hydrogen-bond donors (Lipinski definition) is 2. The van der Waals surface area contributed by atoms with Crippen molar-refractivity contribution in [1.82, 2.24) is 19.4 Å². The average molecular weight is 531 g/mol. The van der Waals surface area contributed by atoms with E-state index >= 15 is 0 Å². The van der Waals surface area contributed by atoms with E-state index in [-0.39, 0.29) is 5.56 Å².